The molecule has 21 heavy (non-hydrogen) atoms. The third-order valence-electron chi connectivity index (χ3n) is 3.23. The van der Waals surface area contributed by atoms with Crippen molar-refractivity contribution in [1.82, 2.24) is 10.3 Å². The maximum Gasteiger partial charge on any atom is 0.263 e. The number of anilines is 1. The number of aromatic nitrogens is 1. The van der Waals surface area contributed by atoms with E-state index >= 15 is 0 Å². The highest BCUT2D eigenvalue weighted by Crippen LogP contribution is 2.25. The van der Waals surface area contributed by atoms with Crippen molar-refractivity contribution >= 4 is 28.3 Å². The van der Waals surface area contributed by atoms with E-state index in [1.165, 1.54) is 11.3 Å². The highest BCUT2D eigenvalue weighted by atomic mass is 32.1. The van der Waals surface area contributed by atoms with Crippen molar-refractivity contribution in [1.29, 1.82) is 0 Å². The van der Waals surface area contributed by atoms with Gasteiger partial charge >= 0.3 is 0 Å². The van der Waals surface area contributed by atoms with E-state index in [9.17, 15) is 9.59 Å². The molecule has 0 saturated carbocycles. The average Bonchev–Trinajstić information content (AvgIpc) is 2.79. The Labute approximate surface area is 126 Å². The number of aryl methyl sites for hydroxylation is 1. The molecule has 0 fully saturated rings. The summed E-state index contributed by atoms with van der Waals surface area (Å²) in [5.41, 5.74) is 1.73. The zero-order valence-corrected chi connectivity index (χ0v) is 12.2. The van der Waals surface area contributed by atoms with E-state index in [0.29, 0.717) is 23.0 Å². The molecule has 2 N–H and O–H groups in total. The van der Waals surface area contributed by atoms with Gasteiger partial charge in [-0.3, -0.25) is 9.59 Å². The van der Waals surface area contributed by atoms with Crippen molar-refractivity contribution in [3.63, 3.8) is 0 Å². The minimum atomic E-state index is -0.120. The Morgan fingerprint density at radius 2 is 2.14 bits per heavy atom. The van der Waals surface area contributed by atoms with Crippen LogP contribution in [0.15, 0.2) is 30.3 Å². The van der Waals surface area contributed by atoms with Gasteiger partial charge in [-0.25, -0.2) is 4.98 Å². The SMILES string of the molecule is O=C(Cc1ccccc1)Nc1nc2c(s1)C(=O)NCCC2. The quantitative estimate of drug-likeness (QED) is 0.911. The largest absolute Gasteiger partial charge is 0.351 e. The molecule has 6 heteroatoms. The van der Waals surface area contributed by atoms with Crippen LogP contribution in [0.5, 0.6) is 0 Å². The zero-order valence-electron chi connectivity index (χ0n) is 11.4. The number of rotatable bonds is 3. The molecule has 2 amide bonds. The number of fused-ring (bicyclic) bond motifs is 1. The summed E-state index contributed by atoms with van der Waals surface area (Å²) in [4.78, 5) is 28.8. The lowest BCUT2D eigenvalue weighted by Gasteiger charge is -2.02. The molecule has 2 heterocycles. The highest BCUT2D eigenvalue weighted by Gasteiger charge is 2.21. The van der Waals surface area contributed by atoms with E-state index in [1.807, 2.05) is 30.3 Å². The normalized spacial score (nSPS) is 14.0. The minimum absolute atomic E-state index is 0.0939. The lowest BCUT2D eigenvalue weighted by atomic mass is 10.1. The second kappa shape index (κ2) is 6.05. The molecular weight excluding hydrogens is 286 g/mol. The van der Waals surface area contributed by atoms with Gasteiger partial charge in [-0.05, 0) is 18.4 Å². The smallest absolute Gasteiger partial charge is 0.263 e. The first-order valence-corrected chi connectivity index (χ1v) is 7.66. The molecule has 108 valence electrons. The number of benzene rings is 1. The molecule has 3 rings (SSSR count). The van der Waals surface area contributed by atoms with E-state index in [4.69, 9.17) is 0 Å². The Kier molecular flexibility index (Phi) is 3.96. The summed E-state index contributed by atoms with van der Waals surface area (Å²) >= 11 is 1.24. The third kappa shape index (κ3) is 3.28. The topological polar surface area (TPSA) is 71.1 Å². The fraction of sp³-hybridized carbons (Fsp3) is 0.267. The van der Waals surface area contributed by atoms with Crippen molar-refractivity contribution in [2.24, 2.45) is 0 Å². The van der Waals surface area contributed by atoms with Crippen LogP contribution in [-0.2, 0) is 17.6 Å². The maximum atomic E-state index is 12.0. The van der Waals surface area contributed by atoms with Gasteiger partial charge in [0.25, 0.3) is 5.91 Å². The molecule has 0 radical (unpaired) electrons. The second-order valence-corrected chi connectivity index (χ2v) is 5.86. The van der Waals surface area contributed by atoms with Gasteiger partial charge in [-0.2, -0.15) is 0 Å². The number of nitrogens with one attached hydrogen (secondary N) is 2. The molecule has 1 aliphatic rings. The molecule has 0 saturated heterocycles. The number of carbonyl (C=O) groups excluding carboxylic acids is 2. The predicted octanol–water partition coefficient (Wildman–Crippen LogP) is 2.00. The van der Waals surface area contributed by atoms with Crippen LogP contribution < -0.4 is 10.6 Å². The van der Waals surface area contributed by atoms with Gasteiger partial charge in [0.15, 0.2) is 5.13 Å². The Balaban J connectivity index is 1.69. The Hall–Kier alpha value is -2.21. The number of hydrogen-bond donors (Lipinski definition) is 2. The van der Waals surface area contributed by atoms with Crippen LogP contribution in [0.3, 0.4) is 0 Å². The number of thiazole rings is 1. The van der Waals surface area contributed by atoms with Crippen LogP contribution in [0, 0.1) is 0 Å². The first kappa shape index (κ1) is 13.8. The van der Waals surface area contributed by atoms with Crippen LogP contribution in [-0.4, -0.2) is 23.3 Å². The lowest BCUT2D eigenvalue weighted by molar-refractivity contribution is -0.115. The molecular formula is C15H15N3O2S. The molecule has 1 aliphatic heterocycles. The molecule has 0 atom stereocenters. The summed E-state index contributed by atoms with van der Waals surface area (Å²) in [5.74, 6) is -0.214. The maximum absolute atomic E-state index is 12.0. The predicted molar refractivity (Wildman–Crippen MR) is 81.5 cm³/mol. The van der Waals surface area contributed by atoms with E-state index in [0.717, 1.165) is 24.1 Å². The van der Waals surface area contributed by atoms with E-state index in [2.05, 4.69) is 15.6 Å². The first-order chi connectivity index (χ1) is 10.2. The van der Waals surface area contributed by atoms with Gasteiger partial charge in [0.1, 0.15) is 4.88 Å². The van der Waals surface area contributed by atoms with Crippen LogP contribution in [0.25, 0.3) is 0 Å². The summed E-state index contributed by atoms with van der Waals surface area (Å²) in [6, 6.07) is 9.53. The van der Waals surface area contributed by atoms with Crippen molar-refractivity contribution < 1.29 is 9.59 Å². The van der Waals surface area contributed by atoms with E-state index in [1.54, 1.807) is 0 Å². The van der Waals surface area contributed by atoms with Crippen molar-refractivity contribution in [3.05, 3.63) is 46.5 Å². The average molecular weight is 301 g/mol. The monoisotopic (exact) mass is 301 g/mol. The first-order valence-electron chi connectivity index (χ1n) is 6.84. The fourth-order valence-electron chi connectivity index (χ4n) is 2.23. The van der Waals surface area contributed by atoms with E-state index < -0.39 is 0 Å². The van der Waals surface area contributed by atoms with Gasteiger partial charge in [0, 0.05) is 6.54 Å². The van der Waals surface area contributed by atoms with Crippen LogP contribution in [0.1, 0.15) is 27.3 Å². The van der Waals surface area contributed by atoms with Crippen LogP contribution >= 0.6 is 11.3 Å². The van der Waals surface area contributed by atoms with Gasteiger partial charge in [-0.15, -0.1) is 0 Å². The molecule has 0 unspecified atom stereocenters. The van der Waals surface area contributed by atoms with Gasteiger partial charge in [0.2, 0.25) is 5.91 Å². The third-order valence-corrected chi connectivity index (χ3v) is 4.25. The van der Waals surface area contributed by atoms with Crippen molar-refractivity contribution in [2.75, 3.05) is 11.9 Å². The number of carbonyl (C=O) groups is 2. The zero-order chi connectivity index (χ0) is 14.7. The van der Waals surface area contributed by atoms with Gasteiger partial charge in [-0.1, -0.05) is 41.7 Å². The van der Waals surface area contributed by atoms with Crippen molar-refractivity contribution in [3.8, 4) is 0 Å². The van der Waals surface area contributed by atoms with Gasteiger partial charge in [0.05, 0.1) is 12.1 Å². The Morgan fingerprint density at radius 1 is 1.33 bits per heavy atom. The van der Waals surface area contributed by atoms with Crippen LogP contribution in [0.4, 0.5) is 5.13 Å². The standard InChI is InChI=1S/C15H15N3O2S/c19-12(9-10-5-2-1-3-6-10)18-15-17-11-7-4-8-16-14(20)13(11)21-15/h1-3,5-6H,4,7-9H2,(H,16,20)(H,17,18,19). The van der Waals surface area contributed by atoms with E-state index in [-0.39, 0.29) is 11.8 Å². The molecule has 2 aromatic rings. The molecule has 1 aromatic heterocycles. The Morgan fingerprint density at radius 3 is 2.95 bits per heavy atom. The second-order valence-electron chi connectivity index (χ2n) is 4.86. The molecule has 5 nitrogen and oxygen atoms in total. The molecule has 0 aliphatic carbocycles. The fourth-order valence-corrected chi connectivity index (χ4v) is 3.18. The number of amides is 2. The summed E-state index contributed by atoms with van der Waals surface area (Å²) in [7, 11) is 0. The number of nitrogens with zero attached hydrogens (tertiary/aromatic N) is 1. The highest BCUT2D eigenvalue weighted by molar-refractivity contribution is 7.17. The summed E-state index contributed by atoms with van der Waals surface area (Å²) in [5, 5.41) is 6.10. The summed E-state index contributed by atoms with van der Waals surface area (Å²) < 4.78 is 0. The van der Waals surface area contributed by atoms with Crippen LogP contribution in [0.2, 0.25) is 0 Å². The molecule has 0 spiro atoms. The Bertz CT molecular complexity index is 667. The summed E-state index contributed by atoms with van der Waals surface area (Å²) in [6.45, 7) is 0.678. The van der Waals surface area contributed by atoms with Gasteiger partial charge < -0.3 is 10.6 Å². The molecule has 1 aromatic carbocycles. The lowest BCUT2D eigenvalue weighted by Crippen LogP contribution is -2.21. The minimum Gasteiger partial charge on any atom is -0.351 e. The summed E-state index contributed by atoms with van der Waals surface area (Å²) in [6.07, 6.45) is 1.94. The van der Waals surface area contributed by atoms with Crippen molar-refractivity contribution in [2.45, 2.75) is 19.3 Å². The molecule has 0 bridgehead atoms. The number of hydrogen-bond acceptors (Lipinski definition) is 4.